The van der Waals surface area contributed by atoms with Crippen LogP contribution in [-0.2, 0) is 10.9 Å². The van der Waals surface area contributed by atoms with E-state index in [2.05, 4.69) is 4.74 Å². The molecule has 1 rings (SSSR count). The Hall–Kier alpha value is -2.03. The first-order chi connectivity index (χ1) is 7.91. The SMILES string of the molecule is CCOC(=O)c1cccc(C#N)c1C(F)(F)F. The summed E-state index contributed by atoms with van der Waals surface area (Å²) < 4.78 is 42.7. The maximum atomic E-state index is 12.7. The third kappa shape index (κ3) is 2.75. The molecule has 0 unspecified atom stereocenters. The Kier molecular flexibility index (Phi) is 3.73. The Labute approximate surface area is 95.4 Å². The molecule has 0 amide bonds. The quantitative estimate of drug-likeness (QED) is 0.750. The van der Waals surface area contributed by atoms with E-state index in [1.165, 1.54) is 19.1 Å². The summed E-state index contributed by atoms with van der Waals surface area (Å²) >= 11 is 0. The van der Waals surface area contributed by atoms with Crippen molar-refractivity contribution in [2.24, 2.45) is 0 Å². The molecule has 0 aromatic heterocycles. The predicted molar refractivity (Wildman–Crippen MR) is 52.1 cm³/mol. The van der Waals surface area contributed by atoms with Crippen molar-refractivity contribution in [2.75, 3.05) is 6.61 Å². The molecule has 3 nitrogen and oxygen atoms in total. The normalized spacial score (nSPS) is 10.8. The Balaban J connectivity index is 3.41. The van der Waals surface area contributed by atoms with E-state index in [1.807, 2.05) is 0 Å². The van der Waals surface area contributed by atoms with Crippen molar-refractivity contribution >= 4 is 5.97 Å². The van der Waals surface area contributed by atoms with Crippen molar-refractivity contribution in [3.8, 4) is 6.07 Å². The Bertz CT molecular complexity index is 475. The Morgan fingerprint density at radius 1 is 1.47 bits per heavy atom. The van der Waals surface area contributed by atoms with Crippen molar-refractivity contribution in [3.63, 3.8) is 0 Å². The van der Waals surface area contributed by atoms with Crippen molar-refractivity contribution in [1.29, 1.82) is 5.26 Å². The van der Waals surface area contributed by atoms with Crippen molar-refractivity contribution in [1.82, 2.24) is 0 Å². The molecule has 0 aliphatic carbocycles. The van der Waals surface area contributed by atoms with Gasteiger partial charge < -0.3 is 4.74 Å². The van der Waals surface area contributed by atoms with E-state index < -0.39 is 28.8 Å². The van der Waals surface area contributed by atoms with Gasteiger partial charge in [-0.05, 0) is 19.1 Å². The average molecular weight is 243 g/mol. The van der Waals surface area contributed by atoms with Crippen LogP contribution >= 0.6 is 0 Å². The Morgan fingerprint density at radius 3 is 2.59 bits per heavy atom. The second kappa shape index (κ2) is 4.87. The molecule has 0 saturated carbocycles. The first-order valence-electron chi connectivity index (χ1n) is 4.69. The van der Waals surface area contributed by atoms with Crippen molar-refractivity contribution in [2.45, 2.75) is 13.1 Å². The van der Waals surface area contributed by atoms with E-state index in [0.717, 1.165) is 12.1 Å². The summed E-state index contributed by atoms with van der Waals surface area (Å²) in [5.41, 5.74) is -2.48. The minimum absolute atomic E-state index is 0.0348. The zero-order chi connectivity index (χ0) is 13.1. The fraction of sp³-hybridized carbons (Fsp3) is 0.273. The number of nitrogens with zero attached hydrogens (tertiary/aromatic N) is 1. The van der Waals surface area contributed by atoms with Crippen LogP contribution in [0.1, 0.15) is 28.4 Å². The van der Waals surface area contributed by atoms with E-state index in [0.29, 0.717) is 0 Å². The number of esters is 1. The molecule has 0 heterocycles. The molecule has 0 bridgehead atoms. The van der Waals surface area contributed by atoms with Gasteiger partial charge in [0, 0.05) is 0 Å². The van der Waals surface area contributed by atoms with Crippen LogP contribution in [0, 0.1) is 11.3 Å². The van der Waals surface area contributed by atoms with Gasteiger partial charge in [0.2, 0.25) is 0 Å². The number of carbonyl (C=O) groups is 1. The average Bonchev–Trinajstić information content (AvgIpc) is 2.27. The molecule has 90 valence electrons. The smallest absolute Gasteiger partial charge is 0.418 e. The topological polar surface area (TPSA) is 50.1 Å². The minimum atomic E-state index is -4.77. The summed E-state index contributed by atoms with van der Waals surface area (Å²) in [5, 5.41) is 8.62. The number of benzene rings is 1. The lowest BCUT2D eigenvalue weighted by atomic mass is 10.0. The lowest BCUT2D eigenvalue weighted by Crippen LogP contribution is -2.17. The first-order valence-corrected chi connectivity index (χ1v) is 4.69. The Morgan fingerprint density at radius 2 is 2.12 bits per heavy atom. The van der Waals surface area contributed by atoms with E-state index >= 15 is 0 Å². The molecular formula is C11H8F3NO2. The number of carbonyl (C=O) groups excluding carboxylic acids is 1. The van der Waals surface area contributed by atoms with Gasteiger partial charge in [0.15, 0.2) is 0 Å². The van der Waals surface area contributed by atoms with Crippen LogP contribution in [0.25, 0.3) is 0 Å². The third-order valence-corrected chi connectivity index (χ3v) is 1.96. The minimum Gasteiger partial charge on any atom is -0.462 e. The summed E-state index contributed by atoms with van der Waals surface area (Å²) in [5.74, 6) is -1.09. The molecule has 1 aromatic carbocycles. The summed E-state index contributed by atoms with van der Waals surface area (Å²) in [6.07, 6.45) is -4.77. The maximum Gasteiger partial charge on any atom is 0.418 e. The van der Waals surface area contributed by atoms with Gasteiger partial charge in [0.1, 0.15) is 0 Å². The molecule has 6 heteroatoms. The van der Waals surface area contributed by atoms with Gasteiger partial charge in [-0.25, -0.2) is 4.79 Å². The highest BCUT2D eigenvalue weighted by Gasteiger charge is 2.38. The highest BCUT2D eigenvalue weighted by molar-refractivity contribution is 5.92. The van der Waals surface area contributed by atoms with Crippen molar-refractivity contribution < 1.29 is 22.7 Å². The van der Waals surface area contributed by atoms with Gasteiger partial charge in [-0.3, -0.25) is 0 Å². The number of rotatable bonds is 2. The number of alkyl halides is 3. The van der Waals surface area contributed by atoms with Gasteiger partial charge in [0.25, 0.3) is 0 Å². The molecule has 0 spiro atoms. The number of ether oxygens (including phenoxy) is 1. The molecule has 1 aromatic rings. The van der Waals surface area contributed by atoms with Crippen molar-refractivity contribution in [3.05, 3.63) is 34.9 Å². The highest BCUT2D eigenvalue weighted by Crippen LogP contribution is 2.34. The van der Waals surface area contributed by atoms with E-state index in [4.69, 9.17) is 5.26 Å². The lowest BCUT2D eigenvalue weighted by Gasteiger charge is -2.13. The first kappa shape index (κ1) is 13.0. The van der Waals surface area contributed by atoms with Crippen LogP contribution in [0.4, 0.5) is 13.2 Å². The number of halogens is 3. The third-order valence-electron chi connectivity index (χ3n) is 1.96. The van der Waals surface area contributed by atoms with Gasteiger partial charge in [-0.15, -0.1) is 0 Å². The number of nitriles is 1. The molecule has 0 saturated heterocycles. The lowest BCUT2D eigenvalue weighted by molar-refractivity contribution is -0.138. The van der Waals surface area contributed by atoms with Crippen LogP contribution in [0.2, 0.25) is 0 Å². The molecule has 0 radical (unpaired) electrons. The summed E-state index contributed by atoms with van der Waals surface area (Å²) in [6, 6.07) is 4.61. The fourth-order valence-corrected chi connectivity index (χ4v) is 1.33. The molecule has 0 aliphatic rings. The molecular weight excluding hydrogens is 235 g/mol. The van der Waals surface area contributed by atoms with Gasteiger partial charge in [-0.1, -0.05) is 6.07 Å². The van der Waals surface area contributed by atoms with E-state index in [1.54, 1.807) is 0 Å². The second-order valence-corrected chi connectivity index (χ2v) is 3.06. The summed E-state index contributed by atoms with van der Waals surface area (Å²) in [7, 11) is 0. The van der Waals surface area contributed by atoms with Crippen LogP contribution < -0.4 is 0 Å². The van der Waals surface area contributed by atoms with Crippen LogP contribution in [0.15, 0.2) is 18.2 Å². The molecule has 0 N–H and O–H groups in total. The standard InChI is InChI=1S/C11H8F3NO2/c1-2-17-10(16)8-5-3-4-7(6-15)9(8)11(12,13)14/h3-5H,2H2,1H3. The number of hydrogen-bond donors (Lipinski definition) is 0. The van der Waals surface area contributed by atoms with E-state index in [9.17, 15) is 18.0 Å². The largest absolute Gasteiger partial charge is 0.462 e. The molecule has 17 heavy (non-hydrogen) atoms. The van der Waals surface area contributed by atoms with Gasteiger partial charge in [-0.2, -0.15) is 18.4 Å². The van der Waals surface area contributed by atoms with Crippen LogP contribution in [0.3, 0.4) is 0 Å². The monoisotopic (exact) mass is 243 g/mol. The van der Waals surface area contributed by atoms with E-state index in [-0.39, 0.29) is 6.61 Å². The number of hydrogen-bond acceptors (Lipinski definition) is 3. The highest BCUT2D eigenvalue weighted by atomic mass is 19.4. The molecule has 0 fully saturated rings. The zero-order valence-corrected chi connectivity index (χ0v) is 8.84. The second-order valence-electron chi connectivity index (χ2n) is 3.06. The summed E-state index contributed by atoms with van der Waals surface area (Å²) in [6.45, 7) is 1.45. The molecule has 0 aliphatic heterocycles. The molecule has 0 atom stereocenters. The summed E-state index contributed by atoms with van der Waals surface area (Å²) in [4.78, 5) is 11.3. The van der Waals surface area contributed by atoms with Crippen LogP contribution in [-0.4, -0.2) is 12.6 Å². The van der Waals surface area contributed by atoms with Crippen LogP contribution in [0.5, 0.6) is 0 Å². The zero-order valence-electron chi connectivity index (χ0n) is 8.84. The fourth-order valence-electron chi connectivity index (χ4n) is 1.33. The van der Waals surface area contributed by atoms with Gasteiger partial charge >= 0.3 is 12.1 Å². The predicted octanol–water partition coefficient (Wildman–Crippen LogP) is 2.75. The van der Waals surface area contributed by atoms with Gasteiger partial charge in [0.05, 0.1) is 29.4 Å². The maximum absolute atomic E-state index is 12.7.